The minimum Gasteiger partial charge on any atom is -0.465 e. The van der Waals surface area contributed by atoms with Gasteiger partial charge in [-0.05, 0) is 19.3 Å². The van der Waals surface area contributed by atoms with E-state index in [2.05, 4.69) is 20.8 Å². The second-order valence-corrected chi connectivity index (χ2v) is 26.5. The van der Waals surface area contributed by atoms with Gasteiger partial charge < -0.3 is 37.9 Å². The zero-order valence-electron chi connectivity index (χ0n) is 60.5. The highest BCUT2D eigenvalue weighted by Crippen LogP contribution is 2.25. The molecule has 0 heterocycles. The van der Waals surface area contributed by atoms with Crippen LogP contribution in [0.4, 0.5) is 0 Å². The molecule has 0 atom stereocenters. The maximum Gasteiger partial charge on any atom is 0.305 e. The van der Waals surface area contributed by atoms with Crippen molar-refractivity contribution in [2.75, 3.05) is 52.9 Å². The van der Waals surface area contributed by atoms with E-state index in [1.54, 1.807) is 13.8 Å². The van der Waals surface area contributed by atoms with Gasteiger partial charge in [0.2, 0.25) is 0 Å². The molecule has 0 aliphatic carbocycles. The van der Waals surface area contributed by atoms with Gasteiger partial charge in [-0.1, -0.05) is 304 Å². The average molecular weight is 1310 g/mol. The minimum absolute atomic E-state index is 0.158. The molecule has 0 N–H and O–H groups in total. The van der Waals surface area contributed by atoms with Gasteiger partial charge in [0, 0.05) is 52.9 Å². The summed E-state index contributed by atoms with van der Waals surface area (Å²) in [6, 6.07) is 0. The van der Waals surface area contributed by atoms with Crippen molar-refractivity contribution >= 4 is 47.8 Å². The van der Waals surface area contributed by atoms with Gasteiger partial charge in [0.25, 0.3) is 0 Å². The van der Waals surface area contributed by atoms with Gasteiger partial charge in [0.15, 0.2) is 0 Å². The van der Waals surface area contributed by atoms with Gasteiger partial charge in [-0.15, -0.1) is 0 Å². The van der Waals surface area contributed by atoms with Crippen LogP contribution in [0.3, 0.4) is 0 Å². The van der Waals surface area contributed by atoms with E-state index in [1.165, 1.54) is 252 Å². The van der Waals surface area contributed by atoms with E-state index in [4.69, 9.17) is 37.9 Å². The predicted molar refractivity (Wildman–Crippen MR) is 369 cm³/mol. The smallest absolute Gasteiger partial charge is 0.305 e. The molecule has 0 bridgehead atoms. The van der Waals surface area contributed by atoms with Crippen molar-refractivity contribution in [3.05, 3.63) is 0 Å². The molecule has 0 rings (SSSR count). The molecule has 0 fully saturated rings. The summed E-state index contributed by atoms with van der Waals surface area (Å²) in [6.07, 6.45) is 57.6. The lowest BCUT2D eigenvalue weighted by Crippen LogP contribution is -2.44. The summed E-state index contributed by atoms with van der Waals surface area (Å²) in [4.78, 5) is 96.1. The molecule has 0 aliphatic heterocycles. The van der Waals surface area contributed by atoms with Crippen molar-refractivity contribution in [2.24, 2.45) is 10.8 Å². The molecule has 16 heteroatoms. The Labute approximate surface area is 561 Å². The molecule has 0 unspecified atom stereocenters. The Balaban J connectivity index is 0. The Kier molecular flexibility index (Phi) is 65.2. The molecule has 0 aliphatic rings. The zero-order chi connectivity index (χ0) is 68.3. The number of carbonyl (C=O) groups excluding carboxylic acids is 8. The topological polar surface area (TPSA) is 210 Å². The minimum atomic E-state index is -1.19. The zero-order valence-corrected chi connectivity index (χ0v) is 60.5. The molecule has 0 aromatic heterocycles. The molecule has 92 heavy (non-hydrogen) atoms. The standard InChI is InChI=1S/C62H118O8.C14H22O8/c1-5-9-12-15-18-21-24-27-30-33-36-39-42-45-48-51-59(64)68-55-62(54-67-58(63)8-4,56-69-60(65)52-49-46-43-40-37-34-31-28-25-22-19-16-13-10-6-2)57-70-61(66)53-50-47-44-41-38-35-32-29-26-23-20-17-14-11-7-3;1-5-13(18)22-9-14(6-19-10(2)15,7-20-11(3)16)8-21-12(4)17/h5-57H2,1-4H3;5-9H2,1-4H3. The van der Waals surface area contributed by atoms with E-state index < -0.39 is 40.7 Å². The van der Waals surface area contributed by atoms with Gasteiger partial charge in [0.05, 0.1) is 0 Å². The molecule has 16 nitrogen and oxygen atoms in total. The number of hydrogen-bond donors (Lipinski definition) is 0. The van der Waals surface area contributed by atoms with Crippen LogP contribution in [0.1, 0.15) is 376 Å². The lowest BCUT2D eigenvalue weighted by Gasteiger charge is -2.31. The second kappa shape index (κ2) is 66.8. The summed E-state index contributed by atoms with van der Waals surface area (Å²) in [5.41, 5.74) is -2.33. The van der Waals surface area contributed by atoms with Crippen molar-refractivity contribution in [3.8, 4) is 0 Å². The first-order valence-electron chi connectivity index (χ1n) is 37.7. The summed E-state index contributed by atoms with van der Waals surface area (Å²) in [5, 5.41) is 0. The summed E-state index contributed by atoms with van der Waals surface area (Å²) in [6.45, 7) is 12.2. The summed E-state index contributed by atoms with van der Waals surface area (Å²) in [5.74, 6) is -3.58. The van der Waals surface area contributed by atoms with Crippen LogP contribution >= 0.6 is 0 Å². The Bertz CT molecular complexity index is 1620. The first-order chi connectivity index (χ1) is 44.5. The van der Waals surface area contributed by atoms with Crippen LogP contribution in [0.2, 0.25) is 0 Å². The first-order valence-corrected chi connectivity index (χ1v) is 37.7. The van der Waals surface area contributed by atoms with Gasteiger partial charge in [0.1, 0.15) is 63.7 Å². The molecule has 0 amide bonds. The maximum atomic E-state index is 13.1. The highest BCUT2D eigenvalue weighted by Gasteiger charge is 2.39. The van der Waals surface area contributed by atoms with Crippen LogP contribution in [-0.2, 0) is 76.3 Å². The quantitative estimate of drug-likeness (QED) is 0.0315. The highest BCUT2D eigenvalue weighted by atomic mass is 16.6. The second-order valence-electron chi connectivity index (χ2n) is 26.5. The van der Waals surface area contributed by atoms with E-state index in [0.717, 1.165) is 57.8 Å². The van der Waals surface area contributed by atoms with E-state index >= 15 is 0 Å². The third-order valence-electron chi connectivity index (χ3n) is 17.0. The SMILES string of the molecule is CCC(=O)OCC(COC(C)=O)(COC(C)=O)COC(C)=O.CCCCCCCCCCCCCCCCCC(=O)OCC(COC(=O)CC)(COC(=O)CCCCCCCCCCCCCCCCC)COC(=O)CCCCCCCCCCCCCCCCC. The monoisotopic (exact) mass is 1310 g/mol. The number of carbonyl (C=O) groups is 8. The van der Waals surface area contributed by atoms with Crippen molar-refractivity contribution in [3.63, 3.8) is 0 Å². The molecular weight excluding hydrogens is 1170 g/mol. The van der Waals surface area contributed by atoms with Crippen LogP contribution in [0.15, 0.2) is 0 Å². The van der Waals surface area contributed by atoms with Crippen LogP contribution in [-0.4, -0.2) is 101 Å². The molecule has 0 saturated carbocycles. The average Bonchev–Trinajstić information content (AvgIpc) is 1.34. The molecular formula is C76H140O16. The summed E-state index contributed by atoms with van der Waals surface area (Å²) in [7, 11) is 0. The van der Waals surface area contributed by atoms with Crippen molar-refractivity contribution in [1.29, 1.82) is 0 Å². The van der Waals surface area contributed by atoms with Crippen LogP contribution < -0.4 is 0 Å². The van der Waals surface area contributed by atoms with Gasteiger partial charge >= 0.3 is 47.8 Å². The normalized spacial score (nSPS) is 11.3. The Morgan fingerprint density at radius 1 is 0.196 bits per heavy atom. The van der Waals surface area contributed by atoms with E-state index in [1.807, 2.05) is 0 Å². The lowest BCUT2D eigenvalue weighted by molar-refractivity contribution is -0.173. The maximum absolute atomic E-state index is 13.1. The summed E-state index contributed by atoms with van der Waals surface area (Å²) < 4.78 is 42.9. The lowest BCUT2D eigenvalue weighted by atomic mass is 9.92. The Hall–Kier alpha value is -4.24. The van der Waals surface area contributed by atoms with E-state index in [9.17, 15) is 38.4 Å². The molecule has 0 saturated heterocycles. The van der Waals surface area contributed by atoms with E-state index in [0.29, 0.717) is 19.3 Å². The molecule has 0 aromatic carbocycles. The van der Waals surface area contributed by atoms with Crippen LogP contribution in [0.25, 0.3) is 0 Å². The van der Waals surface area contributed by atoms with Gasteiger partial charge in [-0.3, -0.25) is 38.4 Å². The Morgan fingerprint density at radius 2 is 0.337 bits per heavy atom. The fourth-order valence-corrected chi connectivity index (χ4v) is 10.8. The number of rotatable bonds is 66. The number of hydrogen-bond acceptors (Lipinski definition) is 16. The first kappa shape index (κ1) is 89.8. The fraction of sp³-hybridized carbons (Fsp3) is 0.895. The molecule has 0 aromatic rings. The third kappa shape index (κ3) is 63.2. The van der Waals surface area contributed by atoms with Crippen molar-refractivity contribution < 1.29 is 76.3 Å². The third-order valence-corrected chi connectivity index (χ3v) is 17.0. The van der Waals surface area contributed by atoms with Crippen molar-refractivity contribution in [1.82, 2.24) is 0 Å². The number of unbranched alkanes of at least 4 members (excludes halogenated alkanes) is 42. The van der Waals surface area contributed by atoms with E-state index in [-0.39, 0.29) is 83.6 Å². The van der Waals surface area contributed by atoms with Gasteiger partial charge in [-0.25, -0.2) is 0 Å². The molecule has 540 valence electrons. The van der Waals surface area contributed by atoms with Gasteiger partial charge in [-0.2, -0.15) is 0 Å². The number of esters is 8. The number of ether oxygens (including phenoxy) is 8. The molecule has 0 spiro atoms. The fourth-order valence-electron chi connectivity index (χ4n) is 10.8. The predicted octanol–water partition coefficient (Wildman–Crippen LogP) is 20.0. The summed E-state index contributed by atoms with van der Waals surface area (Å²) >= 11 is 0. The van der Waals surface area contributed by atoms with Crippen molar-refractivity contribution in [2.45, 2.75) is 376 Å². The molecule has 0 radical (unpaired) electrons. The Morgan fingerprint density at radius 3 is 0.489 bits per heavy atom. The largest absolute Gasteiger partial charge is 0.465 e. The van der Waals surface area contributed by atoms with Crippen LogP contribution in [0.5, 0.6) is 0 Å². The van der Waals surface area contributed by atoms with Crippen LogP contribution in [0, 0.1) is 10.8 Å². The highest BCUT2D eigenvalue weighted by molar-refractivity contribution is 5.71.